The molecular weight excluding hydrogens is 632 g/mol. The summed E-state index contributed by atoms with van der Waals surface area (Å²) in [5.74, 6) is 0.315. The van der Waals surface area contributed by atoms with E-state index in [2.05, 4.69) is 31.8 Å². The first-order valence-corrected chi connectivity index (χ1v) is 16.3. The van der Waals surface area contributed by atoms with Crippen molar-refractivity contribution >= 4 is 39.9 Å². The van der Waals surface area contributed by atoms with Crippen LogP contribution in [0.2, 0.25) is 10.0 Å². The van der Waals surface area contributed by atoms with Gasteiger partial charge in [0.05, 0.1) is 42.4 Å². The molecule has 0 amide bonds. The minimum absolute atomic E-state index is 0.137. The topological polar surface area (TPSA) is 90.1 Å². The number of piperazine rings is 1. The Balaban J connectivity index is 1.37. The summed E-state index contributed by atoms with van der Waals surface area (Å²) in [7, 11) is 4.02. The molecule has 2 fully saturated rings. The molecule has 13 heteroatoms. The third kappa shape index (κ3) is 6.74. The number of nitriles is 1. The summed E-state index contributed by atoms with van der Waals surface area (Å²) in [5.41, 5.74) is 0.695. The monoisotopic (exact) mass is 669 g/mol. The lowest BCUT2D eigenvalue weighted by atomic mass is 9.99. The molecule has 2 aromatic carbocycles. The van der Waals surface area contributed by atoms with Crippen molar-refractivity contribution in [2.75, 3.05) is 84.8 Å². The second-order valence-corrected chi connectivity index (χ2v) is 13.1. The summed E-state index contributed by atoms with van der Waals surface area (Å²) in [6.45, 7) is 6.14. The number of likely N-dealkylation sites (N-methyl/N-ethyl adjacent to an activating group) is 1. The van der Waals surface area contributed by atoms with Crippen molar-refractivity contribution in [2.45, 2.75) is 24.9 Å². The normalized spacial score (nSPS) is 20.3. The first kappa shape index (κ1) is 32.7. The molecule has 0 radical (unpaired) electrons. The molecule has 0 spiro atoms. The first-order valence-electron chi connectivity index (χ1n) is 15.6. The standard InChI is InChI=1S/C33H38Cl2FN7O3/c1-39(2)10-3-4-15-45-21-42-14-13-41(19-23(42)8-9-37)32-26-17-27(35)29(25-16-22(34)6-7-28(25)36)31-30(26)43(33(44)38-32)24(20-46-31)18-40-11-5-12-40/h3-4,6-7,16-17,23-24H,5,8,10-15,18-21H2,1-2H3/b4-3+/t23-,24?/m0/s1. The van der Waals surface area contributed by atoms with Gasteiger partial charge in [0.25, 0.3) is 0 Å². The number of aromatic nitrogens is 2. The van der Waals surface area contributed by atoms with E-state index in [4.69, 9.17) is 32.7 Å². The van der Waals surface area contributed by atoms with Crippen LogP contribution in [0.3, 0.4) is 0 Å². The number of halogens is 3. The van der Waals surface area contributed by atoms with Gasteiger partial charge in [-0.3, -0.25) is 9.47 Å². The fraction of sp³-hybridized carbons (Fsp3) is 0.485. The van der Waals surface area contributed by atoms with Gasteiger partial charge in [-0.25, -0.2) is 9.18 Å². The highest BCUT2D eigenvalue weighted by Gasteiger charge is 2.35. The highest BCUT2D eigenvalue weighted by molar-refractivity contribution is 6.35. The van der Waals surface area contributed by atoms with Crippen LogP contribution in [0.1, 0.15) is 18.9 Å². The molecule has 0 saturated carbocycles. The van der Waals surface area contributed by atoms with Gasteiger partial charge in [0, 0.05) is 60.3 Å². The molecule has 6 rings (SSSR count). The maximum absolute atomic E-state index is 15.2. The van der Waals surface area contributed by atoms with Crippen LogP contribution in [0.4, 0.5) is 10.2 Å². The Morgan fingerprint density at radius 2 is 2.00 bits per heavy atom. The molecule has 2 saturated heterocycles. The van der Waals surface area contributed by atoms with Crippen molar-refractivity contribution in [3.63, 3.8) is 0 Å². The lowest BCUT2D eigenvalue weighted by molar-refractivity contribution is 0.0127. The summed E-state index contributed by atoms with van der Waals surface area (Å²) in [5, 5.41) is 10.9. The zero-order chi connectivity index (χ0) is 32.4. The third-order valence-corrected chi connectivity index (χ3v) is 9.37. The molecule has 0 aliphatic carbocycles. The zero-order valence-corrected chi connectivity index (χ0v) is 27.6. The van der Waals surface area contributed by atoms with Gasteiger partial charge in [-0.1, -0.05) is 35.4 Å². The molecule has 10 nitrogen and oxygen atoms in total. The predicted molar refractivity (Wildman–Crippen MR) is 178 cm³/mol. The molecule has 4 heterocycles. The Morgan fingerprint density at radius 3 is 2.74 bits per heavy atom. The Labute approximate surface area is 278 Å². The average molecular weight is 671 g/mol. The molecule has 3 aliphatic rings. The minimum atomic E-state index is -0.498. The number of benzene rings is 2. The molecule has 46 heavy (non-hydrogen) atoms. The Hall–Kier alpha value is -3.24. The van der Waals surface area contributed by atoms with Gasteiger partial charge in [0.15, 0.2) is 5.75 Å². The summed E-state index contributed by atoms with van der Waals surface area (Å²) >= 11 is 13.2. The van der Waals surface area contributed by atoms with Crippen molar-refractivity contribution in [3.8, 4) is 22.9 Å². The maximum Gasteiger partial charge on any atom is 0.350 e. The van der Waals surface area contributed by atoms with Crippen molar-refractivity contribution in [1.82, 2.24) is 24.3 Å². The smallest absolute Gasteiger partial charge is 0.350 e. The van der Waals surface area contributed by atoms with Gasteiger partial charge >= 0.3 is 5.69 Å². The SMILES string of the molecule is CN(C)C/C=C/COCN1CCN(c2nc(=O)n3c4c(c(-c5cc(Cl)ccc5F)c(Cl)cc24)OCC3CN2CCC2)C[C@@H]1CC#N. The van der Waals surface area contributed by atoms with E-state index in [1.807, 2.05) is 25.1 Å². The van der Waals surface area contributed by atoms with Gasteiger partial charge in [-0.2, -0.15) is 10.2 Å². The average Bonchev–Trinajstić information content (AvgIpc) is 3.00. The molecule has 2 atom stereocenters. The molecule has 0 N–H and O–H groups in total. The van der Waals surface area contributed by atoms with Crippen LogP contribution in [0.5, 0.6) is 5.75 Å². The number of nitrogens with zero attached hydrogens (tertiary/aromatic N) is 7. The van der Waals surface area contributed by atoms with Crippen LogP contribution < -0.4 is 15.3 Å². The van der Waals surface area contributed by atoms with E-state index in [1.54, 1.807) is 10.6 Å². The van der Waals surface area contributed by atoms with Crippen LogP contribution in [-0.2, 0) is 4.74 Å². The second kappa shape index (κ2) is 14.3. The maximum atomic E-state index is 15.2. The van der Waals surface area contributed by atoms with Crippen LogP contribution in [-0.4, -0.2) is 110 Å². The largest absolute Gasteiger partial charge is 0.488 e. The number of likely N-dealkylation sites (tertiary alicyclic amines) is 1. The van der Waals surface area contributed by atoms with E-state index >= 15 is 4.39 Å². The van der Waals surface area contributed by atoms with E-state index in [0.717, 1.165) is 26.1 Å². The number of rotatable bonds is 11. The lowest BCUT2D eigenvalue weighted by Gasteiger charge is -2.41. The number of hydrogen-bond donors (Lipinski definition) is 0. The summed E-state index contributed by atoms with van der Waals surface area (Å²) < 4.78 is 29.2. The van der Waals surface area contributed by atoms with Crippen molar-refractivity contribution in [3.05, 3.63) is 62.8 Å². The van der Waals surface area contributed by atoms with E-state index in [-0.39, 0.29) is 35.7 Å². The first-order chi connectivity index (χ1) is 22.2. The van der Waals surface area contributed by atoms with Gasteiger partial charge in [-0.15, -0.1) is 0 Å². The molecule has 3 aromatic rings. The molecular formula is C33H38Cl2FN7O3. The highest BCUT2D eigenvalue weighted by Crippen LogP contribution is 2.47. The molecule has 1 unspecified atom stereocenters. The van der Waals surface area contributed by atoms with Gasteiger partial charge in [-0.05, 0) is 57.9 Å². The molecule has 1 aromatic heterocycles. The van der Waals surface area contributed by atoms with Crippen molar-refractivity contribution in [2.24, 2.45) is 0 Å². The fourth-order valence-corrected chi connectivity index (χ4v) is 6.85. The van der Waals surface area contributed by atoms with Crippen molar-refractivity contribution in [1.29, 1.82) is 5.26 Å². The fourth-order valence-electron chi connectivity index (χ4n) is 6.38. The zero-order valence-electron chi connectivity index (χ0n) is 26.1. The molecule has 3 aliphatic heterocycles. The van der Waals surface area contributed by atoms with Gasteiger partial charge < -0.3 is 24.2 Å². The number of hydrogen-bond acceptors (Lipinski definition) is 9. The van der Waals surface area contributed by atoms with E-state index in [0.29, 0.717) is 72.6 Å². The number of ether oxygens (including phenoxy) is 2. The quantitative estimate of drug-likeness (QED) is 0.214. The summed E-state index contributed by atoms with van der Waals surface area (Å²) in [6.07, 6.45) is 5.46. The Morgan fingerprint density at radius 1 is 1.17 bits per heavy atom. The predicted octanol–water partition coefficient (Wildman–Crippen LogP) is 4.64. The summed E-state index contributed by atoms with van der Waals surface area (Å²) in [6, 6.07) is 7.94. The van der Waals surface area contributed by atoms with Crippen LogP contribution in [0.25, 0.3) is 22.0 Å². The number of anilines is 1. The van der Waals surface area contributed by atoms with Crippen molar-refractivity contribution < 1.29 is 13.9 Å². The van der Waals surface area contributed by atoms with Crippen LogP contribution in [0.15, 0.2) is 41.2 Å². The van der Waals surface area contributed by atoms with Gasteiger partial charge in [0.2, 0.25) is 0 Å². The highest BCUT2D eigenvalue weighted by atomic mass is 35.5. The van der Waals surface area contributed by atoms with Crippen LogP contribution >= 0.6 is 23.2 Å². The second-order valence-electron chi connectivity index (χ2n) is 12.3. The Bertz CT molecular complexity index is 1720. The van der Waals surface area contributed by atoms with Gasteiger partial charge in [0.1, 0.15) is 18.2 Å². The molecule has 244 valence electrons. The summed E-state index contributed by atoms with van der Waals surface area (Å²) in [4.78, 5) is 27.1. The van der Waals surface area contributed by atoms with E-state index < -0.39 is 11.5 Å². The van der Waals surface area contributed by atoms with Crippen LogP contribution in [0, 0.1) is 17.1 Å². The van der Waals surface area contributed by atoms with E-state index in [1.165, 1.54) is 18.2 Å². The molecule has 0 bridgehead atoms. The third-order valence-electron chi connectivity index (χ3n) is 8.84. The van der Waals surface area contributed by atoms with E-state index in [9.17, 15) is 10.1 Å². The lowest BCUT2D eigenvalue weighted by Crippen LogP contribution is -2.54. The Kier molecular flexibility index (Phi) is 10.1. The minimum Gasteiger partial charge on any atom is -0.488 e.